The van der Waals surface area contributed by atoms with Crippen molar-refractivity contribution < 1.29 is 9.59 Å². The molecule has 148 valence electrons. The van der Waals surface area contributed by atoms with Crippen LogP contribution < -0.4 is 11.1 Å². The third-order valence-electron chi connectivity index (χ3n) is 5.20. The summed E-state index contributed by atoms with van der Waals surface area (Å²) in [6.45, 7) is 8.72. The van der Waals surface area contributed by atoms with Gasteiger partial charge in [0.25, 0.3) is 5.91 Å². The van der Waals surface area contributed by atoms with E-state index in [1.807, 2.05) is 12.1 Å². The van der Waals surface area contributed by atoms with Crippen molar-refractivity contribution in [2.45, 2.75) is 52.4 Å². The molecule has 0 aliphatic heterocycles. The molecule has 0 saturated carbocycles. The van der Waals surface area contributed by atoms with E-state index in [9.17, 15) is 9.59 Å². The lowest BCUT2D eigenvalue weighted by molar-refractivity contribution is -0.111. The fraction of sp³-hybridized carbons (Fsp3) is 0.391. The minimum atomic E-state index is -0.468. The Balaban J connectivity index is 1.74. The number of amides is 2. The van der Waals surface area contributed by atoms with Gasteiger partial charge in [0.15, 0.2) is 0 Å². The van der Waals surface area contributed by atoms with Crippen LogP contribution in [0.1, 0.15) is 66.0 Å². The Morgan fingerprint density at radius 2 is 1.89 bits per heavy atom. The van der Waals surface area contributed by atoms with E-state index in [-0.39, 0.29) is 11.3 Å². The quantitative estimate of drug-likeness (QED) is 0.720. The zero-order chi connectivity index (χ0) is 20.5. The van der Waals surface area contributed by atoms with E-state index in [4.69, 9.17) is 5.73 Å². The van der Waals surface area contributed by atoms with Crippen molar-refractivity contribution >= 4 is 34.2 Å². The van der Waals surface area contributed by atoms with Crippen LogP contribution in [0.2, 0.25) is 0 Å². The Morgan fingerprint density at radius 3 is 2.50 bits per heavy atom. The predicted octanol–water partition coefficient (Wildman–Crippen LogP) is 4.92. The van der Waals surface area contributed by atoms with Crippen LogP contribution in [0, 0.1) is 5.92 Å². The topological polar surface area (TPSA) is 72.2 Å². The number of thiophene rings is 1. The molecule has 1 unspecified atom stereocenters. The number of primary amides is 1. The maximum absolute atomic E-state index is 12.4. The average Bonchev–Trinajstić information content (AvgIpc) is 2.96. The summed E-state index contributed by atoms with van der Waals surface area (Å²) in [7, 11) is 0. The normalized spacial score (nSPS) is 16.8. The fourth-order valence-corrected chi connectivity index (χ4v) is 4.94. The molecule has 0 spiro atoms. The molecule has 0 radical (unpaired) electrons. The van der Waals surface area contributed by atoms with Crippen LogP contribution in [0.25, 0.3) is 6.08 Å². The van der Waals surface area contributed by atoms with Gasteiger partial charge in [-0.1, -0.05) is 52.0 Å². The van der Waals surface area contributed by atoms with E-state index in [1.165, 1.54) is 27.9 Å². The highest BCUT2D eigenvalue weighted by Gasteiger charge is 2.26. The molecule has 1 aliphatic rings. The Kier molecular flexibility index (Phi) is 5.75. The van der Waals surface area contributed by atoms with Gasteiger partial charge in [0.1, 0.15) is 5.00 Å². The molecule has 0 fully saturated rings. The first-order valence-electron chi connectivity index (χ1n) is 9.69. The van der Waals surface area contributed by atoms with Gasteiger partial charge in [-0.15, -0.1) is 11.3 Å². The molecule has 5 heteroatoms. The molecule has 2 amide bonds. The molecule has 1 aromatic heterocycles. The van der Waals surface area contributed by atoms with Gasteiger partial charge in [-0.3, -0.25) is 9.59 Å². The Hall–Kier alpha value is -2.40. The minimum Gasteiger partial charge on any atom is -0.365 e. The summed E-state index contributed by atoms with van der Waals surface area (Å²) in [5, 5.41) is 3.44. The van der Waals surface area contributed by atoms with Crippen LogP contribution in [0.4, 0.5) is 5.00 Å². The molecule has 0 saturated heterocycles. The first kappa shape index (κ1) is 20.3. The number of carbonyl (C=O) groups is 2. The van der Waals surface area contributed by atoms with Crippen LogP contribution in [0.15, 0.2) is 30.3 Å². The lowest BCUT2D eigenvalue weighted by Crippen LogP contribution is -2.18. The van der Waals surface area contributed by atoms with E-state index in [1.54, 1.807) is 6.08 Å². The summed E-state index contributed by atoms with van der Waals surface area (Å²) < 4.78 is 0. The maximum Gasteiger partial charge on any atom is 0.251 e. The summed E-state index contributed by atoms with van der Waals surface area (Å²) in [6, 6.07) is 8.17. The van der Waals surface area contributed by atoms with Crippen LogP contribution >= 0.6 is 11.3 Å². The second kappa shape index (κ2) is 7.92. The van der Waals surface area contributed by atoms with Crippen molar-refractivity contribution in [3.63, 3.8) is 0 Å². The fourth-order valence-electron chi connectivity index (χ4n) is 3.52. The summed E-state index contributed by atoms with van der Waals surface area (Å²) in [5.41, 5.74) is 9.42. The highest BCUT2D eigenvalue weighted by atomic mass is 32.1. The average molecular weight is 397 g/mol. The van der Waals surface area contributed by atoms with Crippen LogP contribution in [0.3, 0.4) is 0 Å². The van der Waals surface area contributed by atoms with E-state index in [0.717, 1.165) is 30.4 Å². The molecule has 1 aliphatic carbocycles. The van der Waals surface area contributed by atoms with Gasteiger partial charge in [-0.2, -0.15) is 0 Å². The van der Waals surface area contributed by atoms with Crippen LogP contribution in [-0.4, -0.2) is 11.8 Å². The number of nitrogens with one attached hydrogen (secondary N) is 1. The summed E-state index contributed by atoms with van der Waals surface area (Å²) in [6.07, 6.45) is 6.10. The first-order chi connectivity index (χ1) is 13.1. The first-order valence-corrected chi connectivity index (χ1v) is 10.5. The molecule has 2 aromatic rings. The molecular formula is C23H28N2O2S. The van der Waals surface area contributed by atoms with E-state index >= 15 is 0 Å². The van der Waals surface area contributed by atoms with Crippen LogP contribution in [-0.2, 0) is 23.1 Å². The van der Waals surface area contributed by atoms with Crippen LogP contribution in [0.5, 0.6) is 0 Å². The number of carbonyl (C=O) groups excluding carboxylic acids is 2. The number of anilines is 1. The van der Waals surface area contributed by atoms with Gasteiger partial charge in [0, 0.05) is 11.0 Å². The van der Waals surface area contributed by atoms with Gasteiger partial charge in [0.05, 0.1) is 5.56 Å². The Labute approximate surface area is 170 Å². The summed E-state index contributed by atoms with van der Waals surface area (Å²) >= 11 is 1.48. The van der Waals surface area contributed by atoms with Crippen molar-refractivity contribution in [1.82, 2.24) is 0 Å². The number of fused-ring (bicyclic) bond motifs is 1. The number of nitrogens with two attached hydrogens (primary N) is 1. The number of hydrogen-bond donors (Lipinski definition) is 2. The summed E-state index contributed by atoms with van der Waals surface area (Å²) in [4.78, 5) is 25.6. The van der Waals surface area contributed by atoms with E-state index < -0.39 is 5.91 Å². The highest BCUT2D eigenvalue weighted by Crippen LogP contribution is 2.39. The molecule has 3 N–H and O–H groups in total. The molecule has 0 bridgehead atoms. The number of hydrogen-bond acceptors (Lipinski definition) is 3. The zero-order valence-electron chi connectivity index (χ0n) is 17.0. The van der Waals surface area contributed by atoms with Gasteiger partial charge in [-0.05, 0) is 53.4 Å². The van der Waals surface area contributed by atoms with Gasteiger partial charge in [0.2, 0.25) is 5.91 Å². The second-order valence-corrected chi connectivity index (χ2v) is 9.72. The van der Waals surface area contributed by atoms with Crippen molar-refractivity contribution in [3.8, 4) is 0 Å². The largest absolute Gasteiger partial charge is 0.365 e. The minimum absolute atomic E-state index is 0.0978. The van der Waals surface area contributed by atoms with Gasteiger partial charge in [-0.25, -0.2) is 0 Å². The SMILES string of the molecule is CC1CCc2c(sc(NC(=O)C=Cc3ccc(C(C)(C)C)cc3)c2C(N)=O)C1. The molecule has 1 atom stereocenters. The smallest absolute Gasteiger partial charge is 0.251 e. The molecule has 1 aromatic carbocycles. The third kappa shape index (κ3) is 4.53. The standard InChI is InChI=1S/C23H28N2O2S/c1-14-5-11-17-18(13-14)28-22(20(17)21(24)27)25-19(26)12-8-15-6-9-16(10-7-15)23(2,3)4/h6-10,12,14H,5,11,13H2,1-4H3,(H2,24,27)(H,25,26). The maximum atomic E-state index is 12.4. The lowest BCUT2D eigenvalue weighted by Gasteiger charge is -2.18. The number of rotatable bonds is 4. The van der Waals surface area contributed by atoms with E-state index in [2.05, 4.69) is 45.1 Å². The van der Waals surface area contributed by atoms with Crippen molar-refractivity contribution in [3.05, 3.63) is 57.5 Å². The third-order valence-corrected chi connectivity index (χ3v) is 6.37. The lowest BCUT2D eigenvalue weighted by atomic mass is 9.87. The highest BCUT2D eigenvalue weighted by molar-refractivity contribution is 7.17. The Bertz CT molecular complexity index is 917. The molecular weight excluding hydrogens is 368 g/mol. The number of benzene rings is 1. The Morgan fingerprint density at radius 1 is 1.21 bits per heavy atom. The summed E-state index contributed by atoms with van der Waals surface area (Å²) in [5.74, 6) is -0.135. The zero-order valence-corrected chi connectivity index (χ0v) is 17.8. The predicted molar refractivity (Wildman–Crippen MR) is 117 cm³/mol. The van der Waals surface area contributed by atoms with Gasteiger partial charge < -0.3 is 11.1 Å². The van der Waals surface area contributed by atoms with Crippen molar-refractivity contribution in [1.29, 1.82) is 0 Å². The molecule has 28 heavy (non-hydrogen) atoms. The van der Waals surface area contributed by atoms with Crippen molar-refractivity contribution in [2.75, 3.05) is 5.32 Å². The molecule has 1 heterocycles. The second-order valence-electron chi connectivity index (χ2n) is 8.61. The van der Waals surface area contributed by atoms with E-state index in [0.29, 0.717) is 16.5 Å². The van der Waals surface area contributed by atoms with Gasteiger partial charge >= 0.3 is 0 Å². The molecule has 3 rings (SSSR count). The van der Waals surface area contributed by atoms with Crippen molar-refractivity contribution in [2.24, 2.45) is 11.7 Å². The monoisotopic (exact) mass is 396 g/mol. The molecule has 4 nitrogen and oxygen atoms in total.